The number of ether oxygens (including phenoxy) is 3. The van der Waals surface area contributed by atoms with Gasteiger partial charge in [-0.1, -0.05) is 19.4 Å². The summed E-state index contributed by atoms with van der Waals surface area (Å²) in [7, 11) is 0. The fourth-order valence-corrected chi connectivity index (χ4v) is 8.95. The van der Waals surface area contributed by atoms with Gasteiger partial charge in [0.1, 0.15) is 0 Å². The van der Waals surface area contributed by atoms with E-state index in [0.717, 1.165) is 44.1 Å². The standard InChI is InChI=1S/C26H30O6/c1-23-8-7-17-16(18(23)11-19(27)22(23)14-4-5-21(28)29-13-14)6-9-26-12-15-10-20(24(17,26)2)31-25(3,30-15)32-26/h4-5,11,13,15-17,20,22H,6-10,12H2,1-3H3/t15-,16+,17-,20+,22-,23-,24-,25+,26-/m0/s1. The van der Waals surface area contributed by atoms with E-state index in [4.69, 9.17) is 18.6 Å². The molecule has 4 heterocycles. The molecule has 3 saturated carbocycles. The SMILES string of the molecule is C[C@@]12O[C@H]3C[C@@H](O1)[C@]1(C)[C@H]4CC[C@@]5(C)C(=CC(=O)[C@@H]5c5ccc(=O)oc5)[C@@H]4CC[C@@]1(C3)O2. The Labute approximate surface area is 187 Å². The van der Waals surface area contributed by atoms with Crippen LogP contribution in [0.1, 0.15) is 70.8 Å². The lowest BCUT2D eigenvalue weighted by Gasteiger charge is -2.73. The van der Waals surface area contributed by atoms with E-state index in [9.17, 15) is 9.59 Å². The van der Waals surface area contributed by atoms with Crippen molar-refractivity contribution in [3.8, 4) is 0 Å². The topological polar surface area (TPSA) is 75.0 Å². The zero-order chi connectivity index (χ0) is 22.1. The molecule has 0 unspecified atom stereocenters. The number of hydrogen-bond acceptors (Lipinski definition) is 6. The van der Waals surface area contributed by atoms with E-state index in [-0.39, 0.29) is 46.0 Å². The van der Waals surface area contributed by atoms with E-state index in [0.29, 0.717) is 11.8 Å². The fraction of sp³-hybridized carbons (Fsp3) is 0.692. The van der Waals surface area contributed by atoms with Gasteiger partial charge >= 0.3 is 5.63 Å². The number of carbonyl (C=O) groups is 1. The van der Waals surface area contributed by atoms with Gasteiger partial charge in [-0.3, -0.25) is 4.79 Å². The minimum Gasteiger partial charge on any atom is -0.431 e. The monoisotopic (exact) mass is 438 g/mol. The minimum absolute atomic E-state index is 0.0848. The van der Waals surface area contributed by atoms with Crippen molar-refractivity contribution in [3.05, 3.63) is 46.0 Å². The molecule has 0 N–H and O–H groups in total. The summed E-state index contributed by atoms with van der Waals surface area (Å²) < 4.78 is 24.3. The first-order chi connectivity index (χ1) is 15.2. The Kier molecular flexibility index (Phi) is 3.59. The van der Waals surface area contributed by atoms with Gasteiger partial charge in [0.25, 0.3) is 5.97 Å². The summed E-state index contributed by atoms with van der Waals surface area (Å²) in [5, 5.41) is 0. The second-order valence-electron chi connectivity index (χ2n) is 11.6. The average Bonchev–Trinajstić information content (AvgIpc) is 2.99. The molecule has 3 saturated heterocycles. The molecular formula is C26H30O6. The highest BCUT2D eigenvalue weighted by molar-refractivity contribution is 6.00. The summed E-state index contributed by atoms with van der Waals surface area (Å²) in [6.45, 7) is 6.55. The normalized spacial score (nSPS) is 52.9. The Balaban J connectivity index is 1.28. The van der Waals surface area contributed by atoms with E-state index in [2.05, 4.69) is 13.8 Å². The zero-order valence-corrected chi connectivity index (χ0v) is 18.9. The van der Waals surface area contributed by atoms with E-state index in [1.54, 1.807) is 6.07 Å². The molecule has 0 radical (unpaired) electrons. The Morgan fingerprint density at radius 2 is 1.88 bits per heavy atom. The highest BCUT2D eigenvalue weighted by Gasteiger charge is 2.74. The van der Waals surface area contributed by atoms with Gasteiger partial charge in [0.05, 0.1) is 30.0 Å². The van der Waals surface area contributed by atoms with Crippen LogP contribution in [0.3, 0.4) is 0 Å². The Morgan fingerprint density at radius 1 is 1.03 bits per heavy atom. The van der Waals surface area contributed by atoms with Crippen molar-refractivity contribution < 1.29 is 23.4 Å². The minimum atomic E-state index is -0.910. The maximum Gasteiger partial charge on any atom is 0.335 e. The van der Waals surface area contributed by atoms with Crippen molar-refractivity contribution in [2.75, 3.05) is 0 Å². The molecule has 3 aliphatic heterocycles. The average molecular weight is 439 g/mol. The van der Waals surface area contributed by atoms with Crippen LogP contribution in [0.25, 0.3) is 0 Å². The van der Waals surface area contributed by atoms with Crippen LogP contribution in [-0.2, 0) is 19.0 Å². The van der Waals surface area contributed by atoms with Crippen molar-refractivity contribution in [1.29, 1.82) is 0 Å². The van der Waals surface area contributed by atoms with Crippen LogP contribution in [0.15, 0.2) is 39.3 Å². The molecule has 1 spiro atoms. The molecule has 7 aliphatic rings. The van der Waals surface area contributed by atoms with Crippen molar-refractivity contribution in [2.45, 2.75) is 89.0 Å². The molecule has 4 bridgehead atoms. The first-order valence-electron chi connectivity index (χ1n) is 12.1. The second-order valence-corrected chi connectivity index (χ2v) is 11.6. The highest BCUT2D eigenvalue weighted by atomic mass is 16.9. The van der Waals surface area contributed by atoms with Crippen LogP contribution in [0, 0.1) is 22.7 Å². The van der Waals surface area contributed by atoms with Gasteiger partial charge in [-0.25, -0.2) is 4.79 Å². The van der Waals surface area contributed by atoms with Gasteiger partial charge in [-0.2, -0.15) is 0 Å². The molecule has 0 amide bonds. The first-order valence-corrected chi connectivity index (χ1v) is 12.1. The van der Waals surface area contributed by atoms with E-state index >= 15 is 0 Å². The largest absolute Gasteiger partial charge is 0.431 e. The molecule has 6 fully saturated rings. The fourth-order valence-electron chi connectivity index (χ4n) is 8.95. The molecule has 170 valence electrons. The Hall–Kier alpha value is -1.76. The van der Waals surface area contributed by atoms with Gasteiger partial charge in [-0.05, 0) is 55.2 Å². The van der Waals surface area contributed by atoms with Crippen molar-refractivity contribution in [1.82, 2.24) is 0 Å². The first kappa shape index (κ1) is 19.7. The van der Waals surface area contributed by atoms with Crippen LogP contribution >= 0.6 is 0 Å². The smallest absolute Gasteiger partial charge is 0.335 e. The number of carbonyl (C=O) groups excluding carboxylic acids is 1. The molecule has 1 aromatic rings. The molecule has 0 aromatic carbocycles. The Morgan fingerprint density at radius 3 is 2.62 bits per heavy atom. The summed E-state index contributed by atoms with van der Waals surface area (Å²) in [4.78, 5) is 24.8. The second kappa shape index (κ2) is 5.83. The van der Waals surface area contributed by atoms with Crippen LogP contribution in [0.5, 0.6) is 0 Å². The van der Waals surface area contributed by atoms with E-state index < -0.39 is 5.97 Å². The number of fused-ring (bicyclic) bond motifs is 3. The predicted octanol–water partition coefficient (Wildman–Crippen LogP) is 4.09. The van der Waals surface area contributed by atoms with Crippen molar-refractivity contribution in [3.63, 3.8) is 0 Å². The lowest BCUT2D eigenvalue weighted by atomic mass is 9.42. The number of allylic oxidation sites excluding steroid dienone is 2. The molecule has 6 heteroatoms. The van der Waals surface area contributed by atoms with Gasteiger partial charge < -0.3 is 18.6 Å². The molecule has 8 rings (SSSR count). The molecule has 1 aromatic heterocycles. The third-order valence-corrected chi connectivity index (χ3v) is 10.2. The molecule has 32 heavy (non-hydrogen) atoms. The number of rotatable bonds is 1. The molecule has 6 nitrogen and oxygen atoms in total. The molecule has 9 atom stereocenters. The summed E-state index contributed by atoms with van der Waals surface area (Å²) >= 11 is 0. The zero-order valence-electron chi connectivity index (χ0n) is 18.9. The van der Waals surface area contributed by atoms with Crippen LogP contribution in [-0.4, -0.2) is 29.6 Å². The maximum atomic E-state index is 13.3. The predicted molar refractivity (Wildman–Crippen MR) is 114 cm³/mol. The van der Waals surface area contributed by atoms with Gasteiger partial charge in [0.15, 0.2) is 5.78 Å². The van der Waals surface area contributed by atoms with E-state index in [1.165, 1.54) is 17.9 Å². The third kappa shape index (κ3) is 2.17. The lowest BCUT2D eigenvalue weighted by molar-refractivity contribution is -0.547. The van der Waals surface area contributed by atoms with Crippen molar-refractivity contribution >= 4 is 5.78 Å². The summed E-state index contributed by atoms with van der Waals surface area (Å²) in [6, 6.07) is 3.19. The third-order valence-electron chi connectivity index (χ3n) is 10.2. The van der Waals surface area contributed by atoms with Crippen LogP contribution in [0.2, 0.25) is 0 Å². The lowest BCUT2D eigenvalue weighted by Crippen LogP contribution is -2.78. The van der Waals surface area contributed by atoms with Gasteiger partial charge in [-0.15, -0.1) is 0 Å². The Bertz CT molecular complexity index is 1100. The van der Waals surface area contributed by atoms with E-state index in [1.807, 2.05) is 13.0 Å². The van der Waals surface area contributed by atoms with Crippen LogP contribution < -0.4 is 5.63 Å². The molecular weight excluding hydrogens is 408 g/mol. The number of hydrogen-bond donors (Lipinski definition) is 0. The van der Waals surface area contributed by atoms with Crippen LogP contribution in [0.4, 0.5) is 0 Å². The number of ketones is 1. The molecule has 4 aliphatic carbocycles. The van der Waals surface area contributed by atoms with Crippen molar-refractivity contribution in [2.24, 2.45) is 22.7 Å². The summed E-state index contributed by atoms with van der Waals surface area (Å²) in [6.07, 6.45) is 9.62. The summed E-state index contributed by atoms with van der Waals surface area (Å²) in [5.41, 5.74) is 1.20. The quantitative estimate of drug-likeness (QED) is 0.658. The maximum absolute atomic E-state index is 13.3. The van der Waals surface area contributed by atoms with Gasteiger partial charge in [0, 0.05) is 36.7 Å². The highest BCUT2D eigenvalue weighted by Crippen LogP contribution is 2.72. The van der Waals surface area contributed by atoms with Gasteiger partial charge in [0.2, 0.25) is 0 Å². The summed E-state index contributed by atoms with van der Waals surface area (Å²) in [5.74, 6) is -0.269.